The van der Waals surface area contributed by atoms with Gasteiger partial charge in [-0.05, 0) is 176 Å². The van der Waals surface area contributed by atoms with Crippen molar-refractivity contribution >= 4 is 17.1 Å². The maximum absolute atomic E-state index is 2.41. The number of anilines is 3. The van der Waals surface area contributed by atoms with Gasteiger partial charge in [0, 0.05) is 17.1 Å². The second-order valence-corrected chi connectivity index (χ2v) is 13.9. The molecule has 0 aliphatic heterocycles. The summed E-state index contributed by atoms with van der Waals surface area (Å²) in [6.07, 6.45) is 2.29. The number of aryl methyl sites for hydroxylation is 9. The molecule has 0 aromatic heterocycles. The molecular formula is C47H49N. The van der Waals surface area contributed by atoms with Gasteiger partial charge in [-0.2, -0.15) is 0 Å². The van der Waals surface area contributed by atoms with E-state index in [9.17, 15) is 0 Å². The first-order valence-electron chi connectivity index (χ1n) is 17.4. The summed E-state index contributed by atoms with van der Waals surface area (Å²) < 4.78 is 0. The number of hydrogen-bond acceptors (Lipinski definition) is 1. The molecule has 0 atom stereocenters. The van der Waals surface area contributed by atoms with E-state index in [1.165, 1.54) is 89.9 Å². The van der Waals surface area contributed by atoms with Gasteiger partial charge in [-0.3, -0.25) is 0 Å². The van der Waals surface area contributed by atoms with Gasteiger partial charge >= 0.3 is 0 Å². The number of rotatable bonds is 8. The van der Waals surface area contributed by atoms with E-state index in [0.717, 1.165) is 23.5 Å². The van der Waals surface area contributed by atoms with Gasteiger partial charge in [0.25, 0.3) is 0 Å². The van der Waals surface area contributed by atoms with E-state index < -0.39 is 0 Å². The van der Waals surface area contributed by atoms with Crippen molar-refractivity contribution in [3.05, 3.63) is 159 Å². The third-order valence-electron chi connectivity index (χ3n) is 9.96. The second-order valence-electron chi connectivity index (χ2n) is 13.9. The minimum atomic E-state index is 1.12. The van der Waals surface area contributed by atoms with Crippen LogP contribution in [0.15, 0.2) is 109 Å². The minimum absolute atomic E-state index is 1.12. The lowest BCUT2D eigenvalue weighted by molar-refractivity contribution is 0.922. The third kappa shape index (κ3) is 6.60. The molecule has 0 unspecified atom stereocenters. The SMILES string of the molecule is CCCc1ccc(-c2ccc(N(c3ccc(-c4c(C)cc(C)cc4C)cc3)c3ccc(-c4cc(C)c(C)cc4C)c(C)c3)cc2C)cc1. The van der Waals surface area contributed by atoms with E-state index in [1.54, 1.807) is 0 Å². The molecule has 242 valence electrons. The summed E-state index contributed by atoms with van der Waals surface area (Å²) in [7, 11) is 0. The first kappa shape index (κ1) is 33.0. The van der Waals surface area contributed by atoms with E-state index >= 15 is 0 Å². The number of hydrogen-bond donors (Lipinski definition) is 0. The fraction of sp³-hybridized carbons (Fsp3) is 0.234. The van der Waals surface area contributed by atoms with Crippen LogP contribution < -0.4 is 4.90 Å². The Morgan fingerprint density at radius 1 is 0.396 bits per heavy atom. The number of benzene rings is 6. The molecule has 6 aromatic rings. The molecule has 6 rings (SSSR count). The predicted molar refractivity (Wildman–Crippen MR) is 209 cm³/mol. The van der Waals surface area contributed by atoms with E-state index in [1.807, 2.05) is 0 Å². The summed E-state index contributed by atoms with van der Waals surface area (Å²) in [5.74, 6) is 0. The van der Waals surface area contributed by atoms with Crippen LogP contribution in [0.5, 0.6) is 0 Å². The van der Waals surface area contributed by atoms with E-state index in [-0.39, 0.29) is 0 Å². The highest BCUT2D eigenvalue weighted by atomic mass is 15.1. The Morgan fingerprint density at radius 3 is 1.46 bits per heavy atom. The van der Waals surface area contributed by atoms with Crippen LogP contribution in [0.3, 0.4) is 0 Å². The van der Waals surface area contributed by atoms with E-state index in [4.69, 9.17) is 0 Å². The molecule has 0 fully saturated rings. The van der Waals surface area contributed by atoms with Crippen molar-refractivity contribution in [1.82, 2.24) is 0 Å². The monoisotopic (exact) mass is 627 g/mol. The van der Waals surface area contributed by atoms with Gasteiger partial charge in [-0.25, -0.2) is 0 Å². The maximum Gasteiger partial charge on any atom is 0.0464 e. The summed E-state index contributed by atoms with van der Waals surface area (Å²) in [5.41, 5.74) is 23.0. The Kier molecular flexibility index (Phi) is 9.42. The lowest BCUT2D eigenvalue weighted by Crippen LogP contribution is -2.11. The third-order valence-corrected chi connectivity index (χ3v) is 9.96. The lowest BCUT2D eigenvalue weighted by Gasteiger charge is -2.28. The zero-order valence-electron chi connectivity index (χ0n) is 30.3. The highest BCUT2D eigenvalue weighted by Gasteiger charge is 2.17. The van der Waals surface area contributed by atoms with Crippen LogP contribution in [0.1, 0.15) is 63.4 Å². The highest BCUT2D eigenvalue weighted by Crippen LogP contribution is 2.41. The minimum Gasteiger partial charge on any atom is -0.310 e. The normalized spacial score (nSPS) is 11.2. The van der Waals surface area contributed by atoms with Crippen LogP contribution >= 0.6 is 0 Å². The molecule has 0 aliphatic carbocycles. The average Bonchev–Trinajstić information content (AvgIpc) is 3.04. The second kappa shape index (κ2) is 13.7. The van der Waals surface area contributed by atoms with Gasteiger partial charge in [0.05, 0.1) is 0 Å². The number of nitrogens with zero attached hydrogens (tertiary/aromatic N) is 1. The van der Waals surface area contributed by atoms with Gasteiger partial charge in [-0.15, -0.1) is 0 Å². The van der Waals surface area contributed by atoms with Crippen LogP contribution in [0, 0.1) is 55.4 Å². The smallest absolute Gasteiger partial charge is 0.0464 e. The molecule has 0 aliphatic rings. The van der Waals surface area contributed by atoms with Gasteiger partial charge in [0.1, 0.15) is 0 Å². The Balaban J connectivity index is 1.44. The molecule has 1 heteroatoms. The Morgan fingerprint density at radius 2 is 0.896 bits per heavy atom. The van der Waals surface area contributed by atoms with Crippen molar-refractivity contribution in [3.63, 3.8) is 0 Å². The van der Waals surface area contributed by atoms with Crippen molar-refractivity contribution in [2.75, 3.05) is 4.90 Å². The molecule has 0 saturated carbocycles. The molecule has 0 saturated heterocycles. The lowest BCUT2D eigenvalue weighted by atomic mass is 9.92. The first-order valence-corrected chi connectivity index (χ1v) is 17.4. The van der Waals surface area contributed by atoms with Crippen molar-refractivity contribution in [2.45, 2.75) is 75.2 Å². The van der Waals surface area contributed by atoms with Gasteiger partial charge in [0.15, 0.2) is 0 Å². The summed E-state index contributed by atoms with van der Waals surface area (Å²) in [4.78, 5) is 2.41. The van der Waals surface area contributed by atoms with Crippen molar-refractivity contribution in [3.8, 4) is 33.4 Å². The molecule has 0 amide bonds. The summed E-state index contributed by atoms with van der Waals surface area (Å²) in [5, 5.41) is 0. The fourth-order valence-electron chi connectivity index (χ4n) is 7.45. The average molecular weight is 628 g/mol. The summed E-state index contributed by atoms with van der Waals surface area (Å²) in [6.45, 7) is 20.0. The van der Waals surface area contributed by atoms with Crippen molar-refractivity contribution < 1.29 is 0 Å². The van der Waals surface area contributed by atoms with Crippen LogP contribution in [-0.2, 0) is 6.42 Å². The maximum atomic E-state index is 2.41. The standard InChI is InChI=1S/C47H49N/c1-10-11-38-12-14-39(15-13-38)44-22-20-42(27-34(44)6)48(41-18-16-40(17-19-41)47-36(8)24-30(2)25-37(47)9)43-21-23-45(35(7)28-43)46-29-32(4)31(3)26-33(46)5/h12-29H,10-11H2,1-9H3. The van der Waals surface area contributed by atoms with Gasteiger partial charge in [0.2, 0.25) is 0 Å². The quantitative estimate of drug-likeness (QED) is 0.162. The van der Waals surface area contributed by atoms with Gasteiger partial charge in [-0.1, -0.05) is 91.7 Å². The Hall–Kier alpha value is -4.88. The zero-order chi connectivity index (χ0) is 34.1. The van der Waals surface area contributed by atoms with E-state index in [2.05, 4.69) is 176 Å². The van der Waals surface area contributed by atoms with Crippen molar-refractivity contribution in [2.24, 2.45) is 0 Å². The first-order chi connectivity index (χ1) is 23.0. The molecule has 0 bridgehead atoms. The topological polar surface area (TPSA) is 3.24 Å². The Labute approximate surface area is 288 Å². The van der Waals surface area contributed by atoms with Crippen LogP contribution in [0.25, 0.3) is 33.4 Å². The van der Waals surface area contributed by atoms with Crippen LogP contribution in [0.2, 0.25) is 0 Å². The largest absolute Gasteiger partial charge is 0.310 e. The summed E-state index contributed by atoms with van der Waals surface area (Å²) in [6, 6.07) is 41.3. The molecular weight excluding hydrogens is 579 g/mol. The molecule has 6 aromatic carbocycles. The molecule has 1 nitrogen and oxygen atoms in total. The van der Waals surface area contributed by atoms with Gasteiger partial charge < -0.3 is 4.90 Å². The fourth-order valence-corrected chi connectivity index (χ4v) is 7.45. The Bertz CT molecular complexity index is 2070. The molecule has 0 heterocycles. The molecule has 0 spiro atoms. The van der Waals surface area contributed by atoms with Crippen molar-refractivity contribution in [1.29, 1.82) is 0 Å². The van der Waals surface area contributed by atoms with Crippen LogP contribution in [-0.4, -0.2) is 0 Å². The highest BCUT2D eigenvalue weighted by molar-refractivity contribution is 5.84. The predicted octanol–water partition coefficient (Wildman–Crippen LogP) is 13.6. The van der Waals surface area contributed by atoms with E-state index in [0.29, 0.717) is 0 Å². The summed E-state index contributed by atoms with van der Waals surface area (Å²) >= 11 is 0. The molecule has 0 radical (unpaired) electrons. The van der Waals surface area contributed by atoms with Crippen LogP contribution in [0.4, 0.5) is 17.1 Å². The molecule has 0 N–H and O–H groups in total. The molecule has 48 heavy (non-hydrogen) atoms. The zero-order valence-corrected chi connectivity index (χ0v) is 30.3.